The molecule has 1 fully saturated rings. The summed E-state index contributed by atoms with van der Waals surface area (Å²) in [5, 5.41) is 3.31. The summed E-state index contributed by atoms with van der Waals surface area (Å²) < 4.78 is 24.7. The van der Waals surface area contributed by atoms with E-state index >= 15 is 0 Å². The number of benzene rings is 1. The second kappa shape index (κ2) is 5.30. The predicted molar refractivity (Wildman–Crippen MR) is 70.5 cm³/mol. The maximum absolute atomic E-state index is 13.5. The summed E-state index contributed by atoms with van der Waals surface area (Å²) in [5.41, 5.74) is 0.748. The van der Waals surface area contributed by atoms with Crippen molar-refractivity contribution < 1.29 is 13.5 Å². The molecule has 1 N–H and O–H groups in total. The zero-order chi connectivity index (χ0) is 13.2. The Labute approximate surface area is 118 Å². The van der Waals surface area contributed by atoms with E-state index in [1.165, 1.54) is 31.2 Å². The number of halogens is 2. The number of nitrogens with zero attached hydrogens (tertiary/aromatic N) is 1. The van der Waals surface area contributed by atoms with Gasteiger partial charge in [0.1, 0.15) is 6.26 Å². The SMILES string of the molecule is Fc1ccc(Br)cc1Oc1nc(CNC2CC2)co1. The minimum absolute atomic E-state index is 0.0459. The van der Waals surface area contributed by atoms with Crippen LogP contribution in [0, 0.1) is 5.82 Å². The van der Waals surface area contributed by atoms with Gasteiger partial charge in [-0.05, 0) is 31.0 Å². The van der Waals surface area contributed by atoms with E-state index in [4.69, 9.17) is 9.15 Å². The molecule has 0 bridgehead atoms. The average molecular weight is 327 g/mol. The summed E-state index contributed by atoms with van der Waals surface area (Å²) in [6.45, 7) is 0.637. The fraction of sp³-hybridized carbons (Fsp3) is 0.308. The van der Waals surface area contributed by atoms with Crippen LogP contribution < -0.4 is 10.1 Å². The van der Waals surface area contributed by atoms with Crippen molar-refractivity contribution in [1.82, 2.24) is 10.3 Å². The van der Waals surface area contributed by atoms with Crippen molar-refractivity contribution in [2.45, 2.75) is 25.4 Å². The molecule has 1 aliphatic rings. The van der Waals surface area contributed by atoms with Crippen LogP contribution in [0.15, 0.2) is 33.4 Å². The smallest absolute Gasteiger partial charge is 0.399 e. The number of oxazole rings is 1. The Morgan fingerprint density at radius 3 is 3.11 bits per heavy atom. The summed E-state index contributed by atoms with van der Waals surface area (Å²) in [6.07, 6.45) is 3.99. The van der Waals surface area contributed by atoms with E-state index in [9.17, 15) is 4.39 Å². The molecule has 100 valence electrons. The summed E-state index contributed by atoms with van der Waals surface area (Å²) in [4.78, 5) is 4.14. The summed E-state index contributed by atoms with van der Waals surface area (Å²) >= 11 is 3.25. The molecule has 19 heavy (non-hydrogen) atoms. The third kappa shape index (κ3) is 3.33. The topological polar surface area (TPSA) is 47.3 Å². The van der Waals surface area contributed by atoms with E-state index in [2.05, 4.69) is 26.2 Å². The number of rotatable bonds is 5. The maximum Gasteiger partial charge on any atom is 0.399 e. The quantitative estimate of drug-likeness (QED) is 0.911. The van der Waals surface area contributed by atoms with Crippen LogP contribution in [0.5, 0.6) is 11.8 Å². The van der Waals surface area contributed by atoms with Crippen molar-refractivity contribution in [2.75, 3.05) is 0 Å². The van der Waals surface area contributed by atoms with Gasteiger partial charge in [-0.15, -0.1) is 0 Å². The van der Waals surface area contributed by atoms with Gasteiger partial charge in [0, 0.05) is 17.1 Å². The molecule has 2 aromatic rings. The van der Waals surface area contributed by atoms with Gasteiger partial charge in [0.15, 0.2) is 11.6 Å². The second-order valence-electron chi connectivity index (χ2n) is 4.44. The average Bonchev–Trinajstić information content (AvgIpc) is 3.12. The summed E-state index contributed by atoms with van der Waals surface area (Å²) in [5.74, 6) is -0.378. The van der Waals surface area contributed by atoms with Crippen LogP contribution in [0.3, 0.4) is 0 Å². The van der Waals surface area contributed by atoms with Crippen molar-refractivity contribution >= 4 is 15.9 Å². The highest BCUT2D eigenvalue weighted by atomic mass is 79.9. The number of aromatic nitrogens is 1. The molecule has 1 aromatic heterocycles. The van der Waals surface area contributed by atoms with E-state index in [1.807, 2.05) is 0 Å². The Balaban J connectivity index is 1.66. The van der Waals surface area contributed by atoms with E-state index in [1.54, 1.807) is 6.07 Å². The Kier molecular flexibility index (Phi) is 3.52. The van der Waals surface area contributed by atoms with Crippen LogP contribution in [0.1, 0.15) is 18.5 Å². The first-order valence-electron chi connectivity index (χ1n) is 6.01. The third-order valence-electron chi connectivity index (χ3n) is 2.77. The summed E-state index contributed by atoms with van der Waals surface area (Å²) in [6, 6.07) is 5.05. The first kappa shape index (κ1) is 12.6. The van der Waals surface area contributed by atoms with Crippen LogP contribution in [-0.4, -0.2) is 11.0 Å². The first-order chi connectivity index (χ1) is 9.20. The largest absolute Gasteiger partial charge is 0.417 e. The molecular weight excluding hydrogens is 315 g/mol. The maximum atomic E-state index is 13.5. The molecule has 0 unspecified atom stereocenters. The lowest BCUT2D eigenvalue weighted by molar-refractivity contribution is 0.318. The van der Waals surface area contributed by atoms with E-state index in [0.717, 1.165) is 10.2 Å². The van der Waals surface area contributed by atoms with Gasteiger partial charge in [0.25, 0.3) is 0 Å². The minimum Gasteiger partial charge on any atom is -0.417 e. The molecule has 1 aliphatic carbocycles. The van der Waals surface area contributed by atoms with Gasteiger partial charge in [-0.2, -0.15) is 4.98 Å². The fourth-order valence-electron chi connectivity index (χ4n) is 1.60. The van der Waals surface area contributed by atoms with Gasteiger partial charge in [0.2, 0.25) is 0 Å². The number of nitrogens with one attached hydrogen (secondary N) is 1. The molecule has 1 saturated carbocycles. The molecule has 0 aliphatic heterocycles. The lowest BCUT2D eigenvalue weighted by Gasteiger charge is -2.02. The number of hydrogen-bond donors (Lipinski definition) is 1. The molecule has 6 heteroatoms. The molecule has 0 radical (unpaired) electrons. The molecule has 0 atom stereocenters. The van der Waals surface area contributed by atoms with Crippen molar-refractivity contribution in [2.24, 2.45) is 0 Å². The molecule has 0 spiro atoms. The third-order valence-corrected chi connectivity index (χ3v) is 3.26. The van der Waals surface area contributed by atoms with E-state index < -0.39 is 5.82 Å². The monoisotopic (exact) mass is 326 g/mol. The van der Waals surface area contributed by atoms with Crippen molar-refractivity contribution in [3.8, 4) is 11.8 Å². The lowest BCUT2D eigenvalue weighted by Crippen LogP contribution is -2.15. The molecule has 0 amide bonds. The molecule has 0 saturated heterocycles. The second-order valence-corrected chi connectivity index (χ2v) is 5.35. The van der Waals surface area contributed by atoms with Crippen molar-refractivity contribution in [3.63, 3.8) is 0 Å². The summed E-state index contributed by atoms with van der Waals surface area (Å²) in [7, 11) is 0. The van der Waals surface area contributed by atoms with Crippen LogP contribution in [0.25, 0.3) is 0 Å². The van der Waals surface area contributed by atoms with Gasteiger partial charge in [-0.3, -0.25) is 0 Å². The van der Waals surface area contributed by atoms with Gasteiger partial charge in [0.05, 0.1) is 5.69 Å². The van der Waals surface area contributed by atoms with E-state index in [-0.39, 0.29) is 11.8 Å². The van der Waals surface area contributed by atoms with Crippen molar-refractivity contribution in [3.05, 3.63) is 40.4 Å². The normalized spacial score (nSPS) is 14.6. The minimum atomic E-state index is -0.459. The Hall–Kier alpha value is -1.40. The standard InChI is InChI=1S/C13H12BrFN2O2/c14-8-1-4-11(15)12(5-8)19-13-17-10(7-18-13)6-16-9-2-3-9/h1,4-5,7,9,16H,2-3,6H2. The highest BCUT2D eigenvalue weighted by Gasteiger charge is 2.20. The number of hydrogen-bond acceptors (Lipinski definition) is 4. The Bertz CT molecular complexity index is 584. The van der Waals surface area contributed by atoms with E-state index in [0.29, 0.717) is 12.6 Å². The van der Waals surface area contributed by atoms with Gasteiger partial charge in [-0.25, -0.2) is 4.39 Å². The number of ether oxygens (including phenoxy) is 1. The highest BCUT2D eigenvalue weighted by molar-refractivity contribution is 9.10. The Morgan fingerprint density at radius 1 is 1.47 bits per heavy atom. The molecule has 4 nitrogen and oxygen atoms in total. The molecular formula is C13H12BrFN2O2. The zero-order valence-electron chi connectivity index (χ0n) is 10.0. The van der Waals surface area contributed by atoms with Gasteiger partial charge < -0.3 is 14.5 Å². The van der Waals surface area contributed by atoms with Crippen LogP contribution in [-0.2, 0) is 6.54 Å². The highest BCUT2D eigenvalue weighted by Crippen LogP contribution is 2.27. The molecule has 3 rings (SSSR count). The molecule has 1 aromatic carbocycles. The van der Waals surface area contributed by atoms with Crippen molar-refractivity contribution in [1.29, 1.82) is 0 Å². The van der Waals surface area contributed by atoms with Crippen LogP contribution in [0.2, 0.25) is 0 Å². The fourth-order valence-corrected chi connectivity index (χ4v) is 1.94. The first-order valence-corrected chi connectivity index (χ1v) is 6.81. The van der Waals surface area contributed by atoms with Crippen LogP contribution in [0.4, 0.5) is 4.39 Å². The van der Waals surface area contributed by atoms with Gasteiger partial charge >= 0.3 is 6.08 Å². The zero-order valence-corrected chi connectivity index (χ0v) is 11.6. The van der Waals surface area contributed by atoms with Gasteiger partial charge in [-0.1, -0.05) is 15.9 Å². The Morgan fingerprint density at radius 2 is 2.32 bits per heavy atom. The lowest BCUT2D eigenvalue weighted by atomic mass is 10.3. The van der Waals surface area contributed by atoms with Crippen LogP contribution >= 0.6 is 15.9 Å². The predicted octanol–water partition coefficient (Wildman–Crippen LogP) is 3.62. The molecule has 1 heterocycles.